The number of carbonyl (C=O) groups is 1. The largest absolute Gasteiger partial charge is 0.322 e. The third-order valence-corrected chi connectivity index (χ3v) is 4.57. The Morgan fingerprint density at radius 1 is 0.955 bits per heavy atom. The van der Waals surface area contributed by atoms with Crippen LogP contribution in [0.3, 0.4) is 0 Å². The molecule has 0 atom stereocenters. The highest BCUT2D eigenvalue weighted by Crippen LogP contribution is 2.18. The Kier molecular flexibility index (Phi) is 4.35. The number of aryl methyl sites for hydroxylation is 3. The number of benzene rings is 2. The first-order valence-electron chi connectivity index (χ1n) is 6.70. The van der Waals surface area contributed by atoms with Crippen molar-refractivity contribution < 1.29 is 13.2 Å². The zero-order valence-electron chi connectivity index (χ0n) is 12.7. The Morgan fingerprint density at radius 3 is 2.18 bits per heavy atom. The lowest BCUT2D eigenvalue weighted by molar-refractivity contribution is 0.102. The lowest BCUT2D eigenvalue weighted by Gasteiger charge is -2.09. The molecule has 3 N–H and O–H groups in total. The van der Waals surface area contributed by atoms with Gasteiger partial charge in [-0.3, -0.25) is 4.79 Å². The van der Waals surface area contributed by atoms with E-state index in [0.29, 0.717) is 11.3 Å². The van der Waals surface area contributed by atoms with Gasteiger partial charge in [-0.05, 0) is 61.7 Å². The number of hydrogen-bond donors (Lipinski definition) is 2. The molecule has 5 nitrogen and oxygen atoms in total. The van der Waals surface area contributed by atoms with Crippen molar-refractivity contribution in [3.05, 3.63) is 58.7 Å². The molecule has 0 spiro atoms. The lowest BCUT2D eigenvalue weighted by atomic mass is 10.1. The third kappa shape index (κ3) is 3.52. The van der Waals surface area contributed by atoms with E-state index in [4.69, 9.17) is 5.14 Å². The second-order valence-electron chi connectivity index (χ2n) is 5.28. The number of carbonyl (C=O) groups excluding carboxylic acids is 1. The number of primary sulfonamides is 1. The number of rotatable bonds is 3. The summed E-state index contributed by atoms with van der Waals surface area (Å²) in [6.07, 6.45) is 0. The maximum Gasteiger partial charge on any atom is 0.255 e. The molecule has 2 aromatic carbocycles. The Bertz CT molecular complexity index is 842. The van der Waals surface area contributed by atoms with E-state index in [2.05, 4.69) is 5.32 Å². The summed E-state index contributed by atoms with van der Waals surface area (Å²) in [5.74, 6) is -0.381. The number of nitrogens with two attached hydrogens (primary N) is 1. The number of sulfonamides is 1. The highest BCUT2D eigenvalue weighted by atomic mass is 32.2. The van der Waals surface area contributed by atoms with E-state index in [0.717, 1.165) is 11.1 Å². The summed E-state index contributed by atoms with van der Waals surface area (Å²) in [5, 5.41) is 7.91. The van der Waals surface area contributed by atoms with Crippen molar-refractivity contribution in [2.75, 3.05) is 5.32 Å². The summed E-state index contributed by atoms with van der Waals surface area (Å²) in [6.45, 7) is 5.57. The molecule has 6 heteroatoms. The average Bonchev–Trinajstić information content (AvgIpc) is 2.42. The average molecular weight is 318 g/mol. The minimum absolute atomic E-state index is 0.0414. The van der Waals surface area contributed by atoms with Crippen molar-refractivity contribution >= 4 is 21.6 Å². The van der Waals surface area contributed by atoms with Crippen LogP contribution in [-0.2, 0) is 10.0 Å². The fourth-order valence-corrected chi connectivity index (χ4v) is 2.88. The Hall–Kier alpha value is -2.18. The predicted molar refractivity (Wildman–Crippen MR) is 86.4 cm³/mol. The van der Waals surface area contributed by atoms with Crippen LogP contribution in [0.2, 0.25) is 0 Å². The van der Waals surface area contributed by atoms with Crippen LogP contribution in [0.25, 0.3) is 0 Å². The smallest absolute Gasteiger partial charge is 0.255 e. The second kappa shape index (κ2) is 5.90. The molecule has 2 aromatic rings. The van der Waals surface area contributed by atoms with Crippen LogP contribution in [0.4, 0.5) is 5.69 Å². The number of hydrogen-bond acceptors (Lipinski definition) is 3. The lowest BCUT2D eigenvalue weighted by Crippen LogP contribution is -2.17. The molecular formula is C16H18N2O3S. The molecule has 0 aliphatic carbocycles. The van der Waals surface area contributed by atoms with Crippen molar-refractivity contribution in [3.8, 4) is 0 Å². The number of amides is 1. The first kappa shape index (κ1) is 16.2. The molecule has 0 unspecified atom stereocenters. The van der Waals surface area contributed by atoms with Crippen LogP contribution in [0, 0.1) is 20.8 Å². The minimum atomic E-state index is -3.85. The first-order chi connectivity index (χ1) is 10.2. The van der Waals surface area contributed by atoms with E-state index in [1.807, 2.05) is 26.0 Å². The van der Waals surface area contributed by atoms with E-state index in [1.165, 1.54) is 6.07 Å². The summed E-state index contributed by atoms with van der Waals surface area (Å²) in [5.41, 5.74) is 3.60. The maximum atomic E-state index is 12.3. The monoisotopic (exact) mass is 318 g/mol. The highest BCUT2D eigenvalue weighted by molar-refractivity contribution is 7.89. The van der Waals surface area contributed by atoms with Gasteiger partial charge in [-0.15, -0.1) is 0 Å². The highest BCUT2D eigenvalue weighted by Gasteiger charge is 2.15. The van der Waals surface area contributed by atoms with E-state index in [9.17, 15) is 13.2 Å². The van der Waals surface area contributed by atoms with Gasteiger partial charge in [0.05, 0.1) is 4.90 Å². The quantitative estimate of drug-likeness (QED) is 0.911. The van der Waals surface area contributed by atoms with Crippen LogP contribution in [0.5, 0.6) is 0 Å². The van der Waals surface area contributed by atoms with Crippen LogP contribution >= 0.6 is 0 Å². The zero-order valence-corrected chi connectivity index (χ0v) is 13.5. The van der Waals surface area contributed by atoms with Gasteiger partial charge in [0, 0.05) is 11.3 Å². The molecule has 0 aromatic heterocycles. The van der Waals surface area contributed by atoms with Gasteiger partial charge in [0.2, 0.25) is 10.0 Å². The van der Waals surface area contributed by atoms with Crippen molar-refractivity contribution in [2.24, 2.45) is 5.14 Å². The number of nitrogens with one attached hydrogen (secondary N) is 1. The molecule has 22 heavy (non-hydrogen) atoms. The molecule has 0 fully saturated rings. The Morgan fingerprint density at radius 2 is 1.59 bits per heavy atom. The van der Waals surface area contributed by atoms with Crippen LogP contribution in [0.15, 0.2) is 41.3 Å². The maximum absolute atomic E-state index is 12.3. The van der Waals surface area contributed by atoms with Gasteiger partial charge in [0.25, 0.3) is 5.91 Å². The standard InChI is InChI=1S/C16H18N2O3S/c1-10-5-7-14(8-12(10)3)18-16(19)13-6-4-11(2)15(9-13)22(17,20)21/h4-9H,1-3H3,(H,18,19)(H2,17,20,21). The molecule has 0 bridgehead atoms. The van der Waals surface area contributed by atoms with Crippen molar-refractivity contribution in [1.82, 2.24) is 0 Å². The molecular weight excluding hydrogens is 300 g/mol. The molecule has 2 rings (SSSR count). The number of anilines is 1. The van der Waals surface area contributed by atoms with Crippen molar-refractivity contribution in [3.63, 3.8) is 0 Å². The summed E-state index contributed by atoms with van der Waals surface area (Å²) in [6, 6.07) is 10.0. The van der Waals surface area contributed by atoms with E-state index < -0.39 is 10.0 Å². The van der Waals surface area contributed by atoms with Gasteiger partial charge in [-0.1, -0.05) is 12.1 Å². The first-order valence-corrected chi connectivity index (χ1v) is 8.25. The molecule has 0 radical (unpaired) electrons. The zero-order chi connectivity index (χ0) is 16.5. The normalized spacial score (nSPS) is 11.3. The Balaban J connectivity index is 2.32. The minimum Gasteiger partial charge on any atom is -0.322 e. The Labute approximate surface area is 130 Å². The second-order valence-corrected chi connectivity index (χ2v) is 6.81. The van der Waals surface area contributed by atoms with Crippen LogP contribution in [-0.4, -0.2) is 14.3 Å². The topological polar surface area (TPSA) is 89.3 Å². The van der Waals surface area contributed by atoms with E-state index in [1.54, 1.807) is 25.1 Å². The summed E-state index contributed by atoms with van der Waals surface area (Å²) in [4.78, 5) is 12.2. The fraction of sp³-hybridized carbons (Fsp3) is 0.188. The third-order valence-electron chi connectivity index (χ3n) is 3.52. The fourth-order valence-electron chi connectivity index (χ4n) is 2.07. The van der Waals surface area contributed by atoms with Gasteiger partial charge in [-0.2, -0.15) is 0 Å². The van der Waals surface area contributed by atoms with Gasteiger partial charge in [0.1, 0.15) is 0 Å². The van der Waals surface area contributed by atoms with Crippen molar-refractivity contribution in [1.29, 1.82) is 0 Å². The molecule has 0 saturated heterocycles. The van der Waals surface area contributed by atoms with Crippen LogP contribution in [0.1, 0.15) is 27.0 Å². The molecule has 0 saturated carbocycles. The van der Waals surface area contributed by atoms with Gasteiger partial charge >= 0.3 is 0 Å². The van der Waals surface area contributed by atoms with E-state index in [-0.39, 0.29) is 16.4 Å². The molecule has 0 heterocycles. The van der Waals surface area contributed by atoms with Gasteiger partial charge in [0.15, 0.2) is 0 Å². The van der Waals surface area contributed by atoms with Crippen LogP contribution < -0.4 is 10.5 Å². The summed E-state index contributed by atoms with van der Waals surface area (Å²) in [7, 11) is -3.85. The van der Waals surface area contributed by atoms with Gasteiger partial charge < -0.3 is 5.32 Å². The molecule has 116 valence electrons. The SMILES string of the molecule is Cc1ccc(NC(=O)c2ccc(C)c(S(N)(=O)=O)c2)cc1C. The summed E-state index contributed by atoms with van der Waals surface area (Å²) < 4.78 is 23.0. The van der Waals surface area contributed by atoms with Gasteiger partial charge in [-0.25, -0.2) is 13.6 Å². The molecule has 0 aliphatic heterocycles. The van der Waals surface area contributed by atoms with E-state index >= 15 is 0 Å². The van der Waals surface area contributed by atoms with Crippen molar-refractivity contribution in [2.45, 2.75) is 25.7 Å². The predicted octanol–water partition coefficient (Wildman–Crippen LogP) is 2.51. The molecule has 1 amide bonds. The summed E-state index contributed by atoms with van der Waals surface area (Å²) >= 11 is 0. The molecule has 0 aliphatic rings.